The van der Waals surface area contributed by atoms with Gasteiger partial charge >= 0.3 is 0 Å². The van der Waals surface area contributed by atoms with E-state index in [0.29, 0.717) is 24.9 Å². The normalized spacial score (nSPS) is 16.6. The molecule has 1 fully saturated rings. The van der Waals surface area contributed by atoms with Crippen LogP contribution in [0.1, 0.15) is 31.2 Å². The van der Waals surface area contributed by atoms with E-state index >= 15 is 0 Å². The molecule has 0 saturated heterocycles. The predicted octanol–water partition coefficient (Wildman–Crippen LogP) is 2.68. The van der Waals surface area contributed by atoms with Crippen molar-refractivity contribution < 1.29 is 14.1 Å². The Labute approximate surface area is 116 Å². The molecular formula is C14H17FN2O3. The molecule has 0 N–H and O–H groups in total. The molecule has 1 aromatic carbocycles. The number of hydrogen-bond acceptors (Lipinski definition) is 4. The number of hydrogen-bond donors (Lipinski definition) is 0. The van der Waals surface area contributed by atoms with Crippen LogP contribution in [0.5, 0.6) is 0 Å². The molecule has 1 aliphatic carbocycles. The van der Waals surface area contributed by atoms with Crippen LogP contribution >= 0.6 is 0 Å². The standard InChI is InChI=1S/C14H17FN2O3/c1-16(12-3-5-13(18)6-4-12)9-10-8-11(15)2-7-14(10)17(19)20/h2,7-8,12H,3-6,9H2,1H3. The van der Waals surface area contributed by atoms with Gasteiger partial charge in [0.25, 0.3) is 5.69 Å². The van der Waals surface area contributed by atoms with Gasteiger partial charge in [-0.15, -0.1) is 0 Å². The fourth-order valence-electron chi connectivity index (χ4n) is 2.62. The highest BCUT2D eigenvalue weighted by Crippen LogP contribution is 2.25. The second-order valence-electron chi connectivity index (χ2n) is 5.22. The molecule has 0 spiro atoms. The van der Waals surface area contributed by atoms with Crippen molar-refractivity contribution in [2.24, 2.45) is 0 Å². The summed E-state index contributed by atoms with van der Waals surface area (Å²) in [5.41, 5.74) is 0.305. The highest BCUT2D eigenvalue weighted by atomic mass is 19.1. The number of carbonyl (C=O) groups excluding carboxylic acids is 1. The van der Waals surface area contributed by atoms with Gasteiger partial charge in [0, 0.05) is 37.1 Å². The lowest BCUT2D eigenvalue weighted by Crippen LogP contribution is -2.35. The van der Waals surface area contributed by atoms with Crippen molar-refractivity contribution in [1.29, 1.82) is 0 Å². The van der Waals surface area contributed by atoms with Crippen LogP contribution in [0.25, 0.3) is 0 Å². The molecule has 1 saturated carbocycles. The molecule has 1 aromatic rings. The lowest BCUT2D eigenvalue weighted by Gasteiger charge is -2.30. The van der Waals surface area contributed by atoms with Crippen LogP contribution in [-0.4, -0.2) is 28.7 Å². The second kappa shape index (κ2) is 6.09. The average molecular weight is 280 g/mol. The highest BCUT2D eigenvalue weighted by molar-refractivity contribution is 5.79. The third kappa shape index (κ3) is 3.39. The first-order chi connectivity index (χ1) is 9.47. The molecule has 0 aromatic heterocycles. The Balaban J connectivity index is 2.10. The number of carbonyl (C=O) groups is 1. The van der Waals surface area contributed by atoms with Crippen LogP contribution in [0.15, 0.2) is 18.2 Å². The van der Waals surface area contributed by atoms with Crippen molar-refractivity contribution in [3.63, 3.8) is 0 Å². The molecule has 20 heavy (non-hydrogen) atoms. The van der Waals surface area contributed by atoms with E-state index in [-0.39, 0.29) is 17.5 Å². The summed E-state index contributed by atoms with van der Waals surface area (Å²) in [7, 11) is 1.86. The Morgan fingerprint density at radius 1 is 1.40 bits per heavy atom. The van der Waals surface area contributed by atoms with Gasteiger partial charge in [0.1, 0.15) is 11.6 Å². The van der Waals surface area contributed by atoms with Gasteiger partial charge in [0.05, 0.1) is 4.92 Å². The van der Waals surface area contributed by atoms with E-state index in [1.807, 2.05) is 11.9 Å². The molecule has 0 bridgehead atoms. The van der Waals surface area contributed by atoms with Crippen LogP contribution in [0, 0.1) is 15.9 Å². The largest absolute Gasteiger partial charge is 0.300 e. The Morgan fingerprint density at radius 3 is 2.65 bits per heavy atom. The van der Waals surface area contributed by atoms with Crippen LogP contribution < -0.4 is 0 Å². The molecule has 0 atom stereocenters. The number of Topliss-reactive ketones (excluding diaryl/α,β-unsaturated/α-hetero) is 1. The van der Waals surface area contributed by atoms with E-state index in [0.717, 1.165) is 18.9 Å². The predicted molar refractivity (Wildman–Crippen MR) is 71.8 cm³/mol. The van der Waals surface area contributed by atoms with Crippen LogP contribution in [0.4, 0.5) is 10.1 Å². The maximum absolute atomic E-state index is 13.3. The first kappa shape index (κ1) is 14.6. The topological polar surface area (TPSA) is 63.4 Å². The second-order valence-corrected chi connectivity index (χ2v) is 5.22. The van der Waals surface area contributed by atoms with E-state index in [1.165, 1.54) is 12.1 Å². The minimum Gasteiger partial charge on any atom is -0.300 e. The first-order valence-electron chi connectivity index (χ1n) is 6.62. The SMILES string of the molecule is CN(Cc1cc(F)ccc1[N+](=O)[O-])C1CCC(=O)CC1. The van der Waals surface area contributed by atoms with Crippen molar-refractivity contribution in [3.8, 4) is 0 Å². The summed E-state index contributed by atoms with van der Waals surface area (Å²) in [6.07, 6.45) is 2.64. The van der Waals surface area contributed by atoms with Crippen molar-refractivity contribution in [2.45, 2.75) is 38.3 Å². The van der Waals surface area contributed by atoms with Gasteiger partial charge in [-0.1, -0.05) is 0 Å². The molecule has 5 nitrogen and oxygen atoms in total. The zero-order valence-corrected chi connectivity index (χ0v) is 11.3. The lowest BCUT2D eigenvalue weighted by atomic mass is 9.93. The molecule has 0 aliphatic heterocycles. The third-order valence-electron chi connectivity index (χ3n) is 3.79. The fourth-order valence-corrected chi connectivity index (χ4v) is 2.62. The maximum atomic E-state index is 13.3. The van der Waals surface area contributed by atoms with Crippen molar-refractivity contribution in [1.82, 2.24) is 4.90 Å². The lowest BCUT2D eigenvalue weighted by molar-refractivity contribution is -0.385. The number of nitro groups is 1. The highest BCUT2D eigenvalue weighted by Gasteiger charge is 2.24. The zero-order valence-electron chi connectivity index (χ0n) is 11.3. The van der Waals surface area contributed by atoms with Gasteiger partial charge in [0.15, 0.2) is 0 Å². The molecule has 6 heteroatoms. The van der Waals surface area contributed by atoms with Gasteiger partial charge in [0.2, 0.25) is 0 Å². The van der Waals surface area contributed by atoms with E-state index in [2.05, 4.69) is 0 Å². The van der Waals surface area contributed by atoms with Crippen molar-refractivity contribution >= 4 is 11.5 Å². The Morgan fingerprint density at radius 2 is 2.05 bits per heavy atom. The maximum Gasteiger partial charge on any atom is 0.274 e. The molecule has 0 amide bonds. The zero-order chi connectivity index (χ0) is 14.7. The minimum absolute atomic E-state index is 0.0647. The number of nitrogens with zero attached hydrogens (tertiary/aromatic N) is 2. The summed E-state index contributed by atoms with van der Waals surface area (Å²) >= 11 is 0. The van der Waals surface area contributed by atoms with E-state index < -0.39 is 10.7 Å². The third-order valence-corrected chi connectivity index (χ3v) is 3.79. The van der Waals surface area contributed by atoms with E-state index in [9.17, 15) is 19.3 Å². The summed E-state index contributed by atoms with van der Waals surface area (Å²) in [4.78, 5) is 23.6. The summed E-state index contributed by atoms with van der Waals surface area (Å²) in [6.45, 7) is 0.312. The summed E-state index contributed by atoms with van der Waals surface area (Å²) < 4.78 is 13.3. The fraction of sp³-hybridized carbons (Fsp3) is 0.500. The minimum atomic E-state index is -0.493. The molecule has 2 rings (SSSR count). The molecule has 0 unspecified atom stereocenters. The quantitative estimate of drug-likeness (QED) is 0.628. The average Bonchev–Trinajstić information content (AvgIpc) is 2.39. The van der Waals surface area contributed by atoms with Gasteiger partial charge in [-0.05, 0) is 32.0 Å². The molecule has 0 heterocycles. The number of benzene rings is 1. The van der Waals surface area contributed by atoms with Gasteiger partial charge in [-0.2, -0.15) is 0 Å². The Kier molecular flexibility index (Phi) is 4.44. The number of rotatable bonds is 4. The Hall–Kier alpha value is -1.82. The summed E-state index contributed by atoms with van der Waals surface area (Å²) in [5, 5.41) is 11.0. The summed E-state index contributed by atoms with van der Waals surface area (Å²) in [5.74, 6) is -0.204. The molecule has 0 radical (unpaired) electrons. The smallest absolute Gasteiger partial charge is 0.274 e. The van der Waals surface area contributed by atoms with Gasteiger partial charge in [-0.3, -0.25) is 19.8 Å². The van der Waals surface area contributed by atoms with Crippen LogP contribution in [0.2, 0.25) is 0 Å². The molecule has 108 valence electrons. The van der Waals surface area contributed by atoms with Gasteiger partial charge in [-0.25, -0.2) is 4.39 Å². The number of halogens is 1. The number of nitro benzene ring substituents is 1. The molecular weight excluding hydrogens is 263 g/mol. The van der Waals surface area contributed by atoms with Crippen molar-refractivity contribution in [2.75, 3.05) is 7.05 Å². The van der Waals surface area contributed by atoms with Crippen LogP contribution in [-0.2, 0) is 11.3 Å². The summed E-state index contributed by atoms with van der Waals surface area (Å²) in [6, 6.07) is 3.72. The first-order valence-corrected chi connectivity index (χ1v) is 6.62. The van der Waals surface area contributed by atoms with Crippen molar-refractivity contribution in [3.05, 3.63) is 39.7 Å². The van der Waals surface area contributed by atoms with E-state index in [1.54, 1.807) is 0 Å². The Bertz CT molecular complexity index is 523. The number of ketones is 1. The van der Waals surface area contributed by atoms with E-state index in [4.69, 9.17) is 0 Å². The molecule has 1 aliphatic rings. The van der Waals surface area contributed by atoms with Crippen LogP contribution in [0.3, 0.4) is 0 Å². The van der Waals surface area contributed by atoms with Gasteiger partial charge < -0.3 is 0 Å². The monoisotopic (exact) mass is 280 g/mol.